The zero-order valence-electron chi connectivity index (χ0n) is 11.8. The average molecular weight is 348 g/mol. The van der Waals surface area contributed by atoms with Crippen LogP contribution in [0.5, 0.6) is 0 Å². The van der Waals surface area contributed by atoms with Crippen molar-refractivity contribution >= 4 is 15.9 Å². The second-order valence-electron chi connectivity index (χ2n) is 5.69. The fourth-order valence-corrected chi connectivity index (χ4v) is 3.33. The van der Waals surface area contributed by atoms with Crippen molar-refractivity contribution in [2.45, 2.75) is 44.2 Å². The number of methoxy groups -OCH3 is 1. The molecule has 1 fully saturated rings. The maximum atomic E-state index is 14.2. The molecule has 2 nitrogen and oxygen atoms in total. The van der Waals surface area contributed by atoms with Crippen LogP contribution < -0.4 is 5.73 Å². The summed E-state index contributed by atoms with van der Waals surface area (Å²) in [5.74, 6) is -0.650. The van der Waals surface area contributed by atoms with E-state index in [0.717, 1.165) is 25.7 Å². The van der Waals surface area contributed by atoms with Gasteiger partial charge in [-0.25, -0.2) is 8.78 Å². The van der Waals surface area contributed by atoms with Gasteiger partial charge in [-0.1, -0.05) is 6.92 Å². The van der Waals surface area contributed by atoms with Gasteiger partial charge in [0.15, 0.2) is 0 Å². The van der Waals surface area contributed by atoms with Crippen molar-refractivity contribution in [1.29, 1.82) is 0 Å². The van der Waals surface area contributed by atoms with E-state index in [4.69, 9.17) is 10.5 Å². The van der Waals surface area contributed by atoms with Gasteiger partial charge >= 0.3 is 0 Å². The maximum Gasteiger partial charge on any atom is 0.145 e. The fraction of sp³-hybridized carbons (Fsp3) is 0.600. The lowest BCUT2D eigenvalue weighted by molar-refractivity contribution is -0.0685. The normalized spacial score (nSPS) is 28.4. The first-order chi connectivity index (χ1) is 9.41. The summed E-state index contributed by atoms with van der Waals surface area (Å²) < 4.78 is 34.1. The largest absolute Gasteiger partial charge is 0.376 e. The second-order valence-corrected chi connectivity index (χ2v) is 6.54. The Labute approximate surface area is 126 Å². The van der Waals surface area contributed by atoms with E-state index in [1.165, 1.54) is 12.1 Å². The SMILES string of the molecule is COC1(C(N)c2c(F)ccc(Br)c2F)CCC(C)CC1. The van der Waals surface area contributed by atoms with E-state index in [1.807, 2.05) is 0 Å². The molecule has 1 aromatic rings. The van der Waals surface area contributed by atoms with Crippen LogP contribution in [-0.4, -0.2) is 12.7 Å². The number of benzene rings is 1. The zero-order chi connectivity index (χ0) is 14.9. The first kappa shape index (κ1) is 15.9. The lowest BCUT2D eigenvalue weighted by Gasteiger charge is -2.42. The van der Waals surface area contributed by atoms with Crippen LogP contribution in [0.15, 0.2) is 16.6 Å². The minimum atomic E-state index is -0.808. The molecule has 1 aliphatic rings. The van der Waals surface area contributed by atoms with E-state index < -0.39 is 23.3 Å². The molecule has 112 valence electrons. The summed E-state index contributed by atoms with van der Waals surface area (Å²) in [4.78, 5) is 0. The summed E-state index contributed by atoms with van der Waals surface area (Å²) in [5.41, 5.74) is 5.43. The van der Waals surface area contributed by atoms with Gasteiger partial charge in [-0.15, -0.1) is 0 Å². The van der Waals surface area contributed by atoms with Gasteiger partial charge in [-0.2, -0.15) is 0 Å². The highest BCUT2D eigenvalue weighted by molar-refractivity contribution is 9.10. The van der Waals surface area contributed by atoms with Crippen molar-refractivity contribution in [2.75, 3.05) is 7.11 Å². The van der Waals surface area contributed by atoms with Crippen LogP contribution >= 0.6 is 15.9 Å². The van der Waals surface area contributed by atoms with Gasteiger partial charge in [0.05, 0.1) is 16.1 Å². The Morgan fingerprint density at radius 3 is 2.50 bits per heavy atom. The third-order valence-electron chi connectivity index (χ3n) is 4.48. The summed E-state index contributed by atoms with van der Waals surface area (Å²) in [6, 6.07) is 1.78. The van der Waals surface area contributed by atoms with Crippen molar-refractivity contribution in [2.24, 2.45) is 11.7 Å². The highest BCUT2D eigenvalue weighted by atomic mass is 79.9. The Morgan fingerprint density at radius 1 is 1.35 bits per heavy atom. The molecule has 5 heteroatoms. The van der Waals surface area contributed by atoms with Gasteiger partial charge in [-0.3, -0.25) is 0 Å². The van der Waals surface area contributed by atoms with E-state index in [0.29, 0.717) is 5.92 Å². The summed E-state index contributed by atoms with van der Waals surface area (Å²) in [6.07, 6.45) is 3.35. The van der Waals surface area contributed by atoms with Crippen LogP contribution in [0, 0.1) is 17.6 Å². The zero-order valence-corrected chi connectivity index (χ0v) is 13.3. The molecule has 0 radical (unpaired) electrons. The number of nitrogens with two attached hydrogens (primary N) is 1. The highest BCUT2D eigenvalue weighted by Gasteiger charge is 2.42. The number of hydrogen-bond acceptors (Lipinski definition) is 2. The number of ether oxygens (including phenoxy) is 1. The lowest BCUT2D eigenvalue weighted by Crippen LogP contribution is -2.46. The molecule has 2 N–H and O–H groups in total. The van der Waals surface area contributed by atoms with Crippen molar-refractivity contribution in [3.05, 3.63) is 33.8 Å². The molecule has 1 unspecified atom stereocenters. The molecular formula is C15H20BrF2NO. The molecule has 0 heterocycles. The molecule has 0 bridgehead atoms. The highest BCUT2D eigenvalue weighted by Crippen LogP contribution is 2.43. The van der Waals surface area contributed by atoms with E-state index in [-0.39, 0.29) is 10.0 Å². The summed E-state index contributed by atoms with van der Waals surface area (Å²) in [5, 5.41) is 0. The van der Waals surface area contributed by atoms with Crippen LogP contribution in [0.2, 0.25) is 0 Å². The van der Waals surface area contributed by atoms with Gasteiger partial charge < -0.3 is 10.5 Å². The first-order valence-electron chi connectivity index (χ1n) is 6.85. The molecule has 0 aliphatic heterocycles. The third kappa shape index (κ3) is 2.76. The standard InChI is InChI=1S/C15H20BrF2NO/c1-9-5-7-15(20-2,8-6-9)14(19)12-11(17)4-3-10(16)13(12)18/h3-4,9,14H,5-8,19H2,1-2H3. The van der Waals surface area contributed by atoms with Gasteiger partial charge in [-0.05, 0) is 59.7 Å². The fourth-order valence-electron chi connectivity index (χ4n) is 2.98. The minimum absolute atomic E-state index is 0.0872. The summed E-state index contributed by atoms with van der Waals surface area (Å²) in [7, 11) is 1.57. The Kier molecular flexibility index (Phi) is 4.82. The Hall–Kier alpha value is -0.520. The summed E-state index contributed by atoms with van der Waals surface area (Å²) >= 11 is 3.08. The van der Waals surface area contributed by atoms with Crippen LogP contribution in [0.3, 0.4) is 0 Å². The number of halogens is 3. The molecule has 20 heavy (non-hydrogen) atoms. The maximum absolute atomic E-state index is 14.2. The number of hydrogen-bond donors (Lipinski definition) is 1. The number of rotatable bonds is 3. The minimum Gasteiger partial charge on any atom is -0.376 e. The van der Waals surface area contributed by atoms with Crippen molar-refractivity contribution in [3.8, 4) is 0 Å². The Balaban J connectivity index is 2.39. The average Bonchev–Trinajstić information content (AvgIpc) is 2.44. The molecule has 0 aromatic heterocycles. The predicted molar refractivity (Wildman–Crippen MR) is 78.4 cm³/mol. The van der Waals surface area contributed by atoms with Crippen LogP contribution in [-0.2, 0) is 4.74 Å². The summed E-state index contributed by atoms with van der Waals surface area (Å²) in [6.45, 7) is 2.17. The molecule has 0 spiro atoms. The smallest absolute Gasteiger partial charge is 0.145 e. The van der Waals surface area contributed by atoms with E-state index in [9.17, 15) is 8.78 Å². The van der Waals surface area contributed by atoms with Crippen molar-refractivity contribution in [3.63, 3.8) is 0 Å². The van der Waals surface area contributed by atoms with Crippen LogP contribution in [0.1, 0.15) is 44.2 Å². The monoisotopic (exact) mass is 347 g/mol. The third-order valence-corrected chi connectivity index (χ3v) is 5.10. The van der Waals surface area contributed by atoms with E-state index in [2.05, 4.69) is 22.9 Å². The van der Waals surface area contributed by atoms with E-state index >= 15 is 0 Å². The van der Waals surface area contributed by atoms with Crippen LogP contribution in [0.25, 0.3) is 0 Å². The molecule has 2 rings (SSSR count). The molecule has 0 amide bonds. The quantitative estimate of drug-likeness (QED) is 0.826. The molecule has 1 aliphatic carbocycles. The molecular weight excluding hydrogens is 328 g/mol. The first-order valence-corrected chi connectivity index (χ1v) is 7.64. The topological polar surface area (TPSA) is 35.2 Å². The molecule has 1 aromatic carbocycles. The van der Waals surface area contributed by atoms with Gasteiger partial charge in [0.25, 0.3) is 0 Å². The lowest BCUT2D eigenvalue weighted by atomic mass is 9.73. The van der Waals surface area contributed by atoms with Gasteiger partial charge in [0.2, 0.25) is 0 Å². The van der Waals surface area contributed by atoms with Gasteiger partial charge in [0.1, 0.15) is 11.6 Å². The van der Waals surface area contributed by atoms with Gasteiger partial charge in [0, 0.05) is 12.7 Å². The van der Waals surface area contributed by atoms with Crippen molar-refractivity contribution < 1.29 is 13.5 Å². The molecule has 1 atom stereocenters. The molecule has 1 saturated carbocycles. The Morgan fingerprint density at radius 2 is 1.95 bits per heavy atom. The van der Waals surface area contributed by atoms with E-state index in [1.54, 1.807) is 7.11 Å². The van der Waals surface area contributed by atoms with Crippen molar-refractivity contribution in [1.82, 2.24) is 0 Å². The second kappa shape index (κ2) is 6.08. The predicted octanol–water partition coefficient (Wildman–Crippen LogP) is 4.32. The Bertz CT molecular complexity index is 487. The van der Waals surface area contributed by atoms with Crippen LogP contribution in [0.4, 0.5) is 8.78 Å². The molecule has 0 saturated heterocycles.